The van der Waals surface area contributed by atoms with Crippen LogP contribution in [0.5, 0.6) is 0 Å². The number of carbonyl (C=O) groups excluding carboxylic acids is 1. The highest BCUT2D eigenvalue weighted by molar-refractivity contribution is 7.13. The lowest BCUT2D eigenvalue weighted by Gasteiger charge is -2.34. The smallest absolute Gasteiger partial charge is 0.264 e. The van der Waals surface area contributed by atoms with Gasteiger partial charge in [0.15, 0.2) is 0 Å². The number of aryl methyl sites for hydroxylation is 1. The van der Waals surface area contributed by atoms with Gasteiger partial charge in [0, 0.05) is 42.6 Å². The fourth-order valence-corrected chi connectivity index (χ4v) is 3.76. The Morgan fingerprint density at radius 3 is 2.59 bits per heavy atom. The van der Waals surface area contributed by atoms with E-state index in [1.54, 1.807) is 11.3 Å². The van der Waals surface area contributed by atoms with Crippen LogP contribution in [0.2, 0.25) is 5.02 Å². The summed E-state index contributed by atoms with van der Waals surface area (Å²) in [6, 6.07) is 11.9. The van der Waals surface area contributed by atoms with Crippen molar-refractivity contribution in [2.75, 3.05) is 26.2 Å². The molecule has 2 aromatic rings. The van der Waals surface area contributed by atoms with Crippen LogP contribution in [0.3, 0.4) is 0 Å². The molecule has 5 heteroatoms. The van der Waals surface area contributed by atoms with Crippen molar-refractivity contribution in [1.29, 1.82) is 0 Å². The van der Waals surface area contributed by atoms with Crippen molar-refractivity contribution < 1.29 is 4.79 Å². The third kappa shape index (κ3) is 3.69. The van der Waals surface area contributed by atoms with Crippen molar-refractivity contribution >= 4 is 28.8 Å². The maximum absolute atomic E-state index is 12.4. The number of halogens is 1. The first kappa shape index (κ1) is 15.5. The average molecular weight is 335 g/mol. The molecule has 3 nitrogen and oxygen atoms in total. The number of carbonyl (C=O) groups is 1. The topological polar surface area (TPSA) is 23.6 Å². The van der Waals surface area contributed by atoms with Gasteiger partial charge in [0.05, 0.1) is 4.88 Å². The van der Waals surface area contributed by atoms with Gasteiger partial charge in [0.2, 0.25) is 0 Å². The van der Waals surface area contributed by atoms with E-state index in [9.17, 15) is 4.79 Å². The zero-order valence-corrected chi connectivity index (χ0v) is 14.2. The number of benzene rings is 1. The Balaban J connectivity index is 1.55. The first-order valence-electron chi connectivity index (χ1n) is 7.44. The van der Waals surface area contributed by atoms with E-state index in [-0.39, 0.29) is 5.91 Å². The molecule has 116 valence electrons. The highest BCUT2D eigenvalue weighted by Gasteiger charge is 2.22. The molecule has 0 bridgehead atoms. The first-order chi connectivity index (χ1) is 10.6. The molecular formula is C17H19ClN2OS. The van der Waals surface area contributed by atoms with Gasteiger partial charge >= 0.3 is 0 Å². The maximum Gasteiger partial charge on any atom is 0.264 e. The van der Waals surface area contributed by atoms with Crippen molar-refractivity contribution in [3.8, 4) is 0 Å². The fraction of sp³-hybridized carbons (Fsp3) is 0.353. The minimum Gasteiger partial charge on any atom is -0.335 e. The van der Waals surface area contributed by atoms with Gasteiger partial charge in [0.1, 0.15) is 0 Å². The van der Waals surface area contributed by atoms with Crippen molar-refractivity contribution in [3.05, 3.63) is 56.7 Å². The van der Waals surface area contributed by atoms with E-state index >= 15 is 0 Å². The van der Waals surface area contributed by atoms with E-state index in [0.717, 1.165) is 42.6 Å². The van der Waals surface area contributed by atoms with Crippen molar-refractivity contribution in [2.45, 2.75) is 13.5 Å². The Hall–Kier alpha value is -1.36. The molecule has 0 atom stereocenters. The predicted octanol–water partition coefficient (Wildman–Crippen LogP) is 3.67. The van der Waals surface area contributed by atoms with Gasteiger partial charge in [-0.05, 0) is 36.8 Å². The molecule has 1 saturated heterocycles. The number of nitrogens with zero attached hydrogens (tertiary/aromatic N) is 2. The summed E-state index contributed by atoms with van der Waals surface area (Å²) < 4.78 is 0. The Bertz CT molecular complexity index is 662. The lowest BCUT2D eigenvalue weighted by atomic mass is 10.2. The quantitative estimate of drug-likeness (QED) is 0.855. The molecule has 0 N–H and O–H groups in total. The summed E-state index contributed by atoms with van der Waals surface area (Å²) in [7, 11) is 0. The largest absolute Gasteiger partial charge is 0.335 e. The lowest BCUT2D eigenvalue weighted by Crippen LogP contribution is -2.48. The molecule has 1 fully saturated rings. The highest BCUT2D eigenvalue weighted by atomic mass is 35.5. The average Bonchev–Trinajstić information content (AvgIpc) is 2.94. The Kier molecular flexibility index (Phi) is 4.81. The molecular weight excluding hydrogens is 316 g/mol. The number of amides is 1. The second kappa shape index (κ2) is 6.82. The molecule has 0 radical (unpaired) electrons. The molecule has 1 amide bonds. The molecule has 22 heavy (non-hydrogen) atoms. The van der Waals surface area contributed by atoms with Crippen LogP contribution < -0.4 is 0 Å². The van der Waals surface area contributed by atoms with Gasteiger partial charge in [-0.3, -0.25) is 9.69 Å². The zero-order chi connectivity index (χ0) is 15.5. The molecule has 0 unspecified atom stereocenters. The third-order valence-electron chi connectivity index (χ3n) is 3.91. The lowest BCUT2D eigenvalue weighted by molar-refractivity contribution is 0.0633. The van der Waals surface area contributed by atoms with Crippen LogP contribution in [0.4, 0.5) is 0 Å². The zero-order valence-electron chi connectivity index (χ0n) is 12.6. The van der Waals surface area contributed by atoms with E-state index in [1.165, 1.54) is 10.4 Å². The third-order valence-corrected chi connectivity index (χ3v) is 5.13. The summed E-state index contributed by atoms with van der Waals surface area (Å²) in [5.74, 6) is 0.167. The van der Waals surface area contributed by atoms with Gasteiger partial charge in [-0.2, -0.15) is 0 Å². The number of hydrogen-bond acceptors (Lipinski definition) is 3. The number of hydrogen-bond donors (Lipinski definition) is 0. The van der Waals surface area contributed by atoms with Crippen molar-refractivity contribution in [3.63, 3.8) is 0 Å². The van der Waals surface area contributed by atoms with Gasteiger partial charge in [-0.25, -0.2) is 0 Å². The van der Waals surface area contributed by atoms with Gasteiger partial charge < -0.3 is 4.90 Å². The van der Waals surface area contributed by atoms with Crippen LogP contribution in [-0.4, -0.2) is 41.9 Å². The second-order valence-electron chi connectivity index (χ2n) is 5.61. The van der Waals surface area contributed by atoms with Crippen LogP contribution in [0.15, 0.2) is 36.4 Å². The first-order valence-corrected chi connectivity index (χ1v) is 8.64. The summed E-state index contributed by atoms with van der Waals surface area (Å²) in [6.45, 7) is 6.31. The van der Waals surface area contributed by atoms with Crippen LogP contribution in [-0.2, 0) is 6.54 Å². The van der Waals surface area contributed by atoms with Gasteiger partial charge in [0.25, 0.3) is 5.91 Å². The Morgan fingerprint density at radius 1 is 1.18 bits per heavy atom. The van der Waals surface area contributed by atoms with Crippen LogP contribution in [0.25, 0.3) is 0 Å². The molecule has 1 aliphatic heterocycles. The van der Waals surface area contributed by atoms with Gasteiger partial charge in [-0.15, -0.1) is 11.3 Å². The van der Waals surface area contributed by atoms with Crippen LogP contribution in [0.1, 0.15) is 20.1 Å². The summed E-state index contributed by atoms with van der Waals surface area (Å²) in [5, 5.41) is 0.777. The second-order valence-corrected chi connectivity index (χ2v) is 7.33. The summed E-state index contributed by atoms with van der Waals surface area (Å²) >= 11 is 7.60. The Morgan fingerprint density at radius 2 is 1.95 bits per heavy atom. The van der Waals surface area contributed by atoms with E-state index in [0.29, 0.717) is 0 Å². The summed E-state index contributed by atoms with van der Waals surface area (Å²) in [6.07, 6.45) is 0. The highest BCUT2D eigenvalue weighted by Crippen LogP contribution is 2.19. The molecule has 0 aliphatic carbocycles. The van der Waals surface area contributed by atoms with E-state index in [1.807, 2.05) is 42.2 Å². The maximum atomic E-state index is 12.4. The standard InChI is InChI=1S/C17H19ClN2OS/c1-13-5-6-16(22-13)17(21)20-9-7-19(8-10-20)12-14-3-2-4-15(18)11-14/h2-6,11H,7-10,12H2,1H3. The minimum atomic E-state index is 0.167. The van der Waals surface area contributed by atoms with E-state index in [4.69, 9.17) is 11.6 Å². The molecule has 2 heterocycles. The SMILES string of the molecule is Cc1ccc(C(=O)N2CCN(Cc3cccc(Cl)c3)CC2)s1. The molecule has 1 aliphatic rings. The van der Waals surface area contributed by atoms with E-state index in [2.05, 4.69) is 11.0 Å². The molecule has 0 saturated carbocycles. The van der Waals surface area contributed by atoms with Crippen molar-refractivity contribution in [2.24, 2.45) is 0 Å². The molecule has 0 spiro atoms. The molecule has 1 aromatic carbocycles. The normalized spacial score (nSPS) is 16.0. The summed E-state index contributed by atoms with van der Waals surface area (Å²) in [5.41, 5.74) is 1.22. The summed E-state index contributed by atoms with van der Waals surface area (Å²) in [4.78, 5) is 18.8. The number of piperazine rings is 1. The number of rotatable bonds is 3. The van der Waals surface area contributed by atoms with E-state index < -0.39 is 0 Å². The van der Waals surface area contributed by atoms with Crippen molar-refractivity contribution in [1.82, 2.24) is 9.80 Å². The fourth-order valence-electron chi connectivity index (χ4n) is 2.71. The Labute approximate surface area is 140 Å². The van der Waals surface area contributed by atoms with Gasteiger partial charge in [-0.1, -0.05) is 23.7 Å². The monoisotopic (exact) mass is 334 g/mol. The molecule has 3 rings (SSSR count). The van der Waals surface area contributed by atoms with Crippen LogP contribution in [0, 0.1) is 6.92 Å². The number of thiophene rings is 1. The van der Waals surface area contributed by atoms with Crippen LogP contribution >= 0.6 is 22.9 Å². The predicted molar refractivity (Wildman–Crippen MR) is 91.7 cm³/mol. The molecule has 1 aromatic heterocycles. The minimum absolute atomic E-state index is 0.167.